The quantitative estimate of drug-likeness (QED) is 0.466. The third kappa shape index (κ3) is 3.14. The molecule has 0 saturated carbocycles. The summed E-state index contributed by atoms with van der Waals surface area (Å²) in [6, 6.07) is 9.38. The molecule has 2 nitrogen and oxygen atoms in total. The first-order valence-electron chi connectivity index (χ1n) is 5.18. The number of hydrogen-bond donors (Lipinski definition) is 0. The van der Waals surface area contributed by atoms with Gasteiger partial charge in [-0.15, -0.1) is 0 Å². The average Bonchev–Trinajstić information content (AvgIpc) is 2.30. The highest BCUT2D eigenvalue weighted by molar-refractivity contribution is 9.09. The Kier molecular flexibility index (Phi) is 4.99. The minimum atomic E-state index is -0.213. The first kappa shape index (κ1) is 12.4. The lowest BCUT2D eigenvalue weighted by Crippen LogP contribution is -2.36. The van der Waals surface area contributed by atoms with Crippen LogP contribution in [0.4, 0.5) is 0 Å². The van der Waals surface area contributed by atoms with Crippen molar-refractivity contribution in [2.45, 2.75) is 18.8 Å². The van der Waals surface area contributed by atoms with E-state index in [0.717, 1.165) is 18.7 Å². The zero-order valence-electron chi connectivity index (χ0n) is 9.11. The fraction of sp³-hybridized carbons (Fsp3) is 0.417. The molecule has 1 rings (SSSR count). The number of rotatable bonds is 5. The maximum Gasteiger partial charge on any atom is 0.190 e. The third-order valence-corrected chi connectivity index (χ3v) is 3.40. The highest BCUT2D eigenvalue weighted by Gasteiger charge is 2.21. The van der Waals surface area contributed by atoms with Crippen molar-refractivity contribution < 1.29 is 4.79 Å². The second-order valence-electron chi connectivity index (χ2n) is 3.29. The molecule has 1 aromatic carbocycles. The number of Topliss-reactive ketones (excluding diaryl/α,β-unsaturated/α-hetero) is 1. The van der Waals surface area contributed by atoms with Crippen molar-refractivity contribution in [3.05, 3.63) is 35.9 Å². The molecule has 0 N–H and O–H groups in total. The van der Waals surface area contributed by atoms with Crippen molar-refractivity contribution in [1.82, 2.24) is 4.90 Å². The van der Waals surface area contributed by atoms with E-state index in [1.165, 1.54) is 0 Å². The van der Waals surface area contributed by atoms with Gasteiger partial charge in [0.05, 0.1) is 0 Å². The number of carbonyl (C=O) groups is 1. The van der Waals surface area contributed by atoms with Crippen LogP contribution in [0.5, 0.6) is 0 Å². The molecule has 1 unspecified atom stereocenters. The minimum absolute atomic E-state index is 0.124. The maximum absolute atomic E-state index is 12.0. The molecular weight excluding hydrogens is 254 g/mol. The lowest BCUT2D eigenvalue weighted by molar-refractivity contribution is 0.0917. The molecule has 0 aliphatic rings. The van der Waals surface area contributed by atoms with Crippen LogP contribution in [0, 0.1) is 0 Å². The predicted octanol–water partition coefficient (Wildman–Crippen LogP) is 2.93. The molecule has 0 aliphatic carbocycles. The molecule has 0 aromatic heterocycles. The Hall–Kier alpha value is -0.670. The van der Waals surface area contributed by atoms with E-state index in [-0.39, 0.29) is 10.7 Å². The normalized spacial score (nSPS) is 12.8. The Balaban J connectivity index is 2.77. The molecule has 3 heteroatoms. The summed E-state index contributed by atoms with van der Waals surface area (Å²) >= 11 is 3.44. The first-order valence-corrected chi connectivity index (χ1v) is 6.09. The van der Waals surface area contributed by atoms with E-state index in [1.807, 2.05) is 30.3 Å². The number of nitrogens with zero attached hydrogens (tertiary/aromatic N) is 1. The molecule has 0 bridgehead atoms. The summed E-state index contributed by atoms with van der Waals surface area (Å²) in [5.74, 6) is 0.124. The number of benzene rings is 1. The standard InChI is InChI=1S/C12H16BrNO/c1-3-14(4-2)12(13)11(15)10-8-6-5-7-9-10/h5-9,12H,3-4H2,1-2H3. The van der Waals surface area contributed by atoms with Gasteiger partial charge in [0.1, 0.15) is 4.95 Å². The minimum Gasteiger partial charge on any atom is -0.291 e. The average molecular weight is 270 g/mol. The number of alkyl halides is 1. The molecule has 0 radical (unpaired) electrons. The first-order chi connectivity index (χ1) is 7.20. The largest absolute Gasteiger partial charge is 0.291 e. The van der Waals surface area contributed by atoms with E-state index >= 15 is 0 Å². The fourth-order valence-electron chi connectivity index (χ4n) is 1.45. The van der Waals surface area contributed by atoms with E-state index in [1.54, 1.807) is 0 Å². The van der Waals surface area contributed by atoms with Gasteiger partial charge >= 0.3 is 0 Å². The zero-order valence-corrected chi connectivity index (χ0v) is 10.7. The van der Waals surface area contributed by atoms with Gasteiger partial charge in [0.25, 0.3) is 0 Å². The molecule has 0 spiro atoms. The maximum atomic E-state index is 12.0. The summed E-state index contributed by atoms with van der Waals surface area (Å²) in [5.41, 5.74) is 0.756. The fourth-order valence-corrected chi connectivity index (χ4v) is 2.29. The van der Waals surface area contributed by atoms with Crippen LogP contribution in [-0.4, -0.2) is 28.7 Å². The van der Waals surface area contributed by atoms with Crippen LogP contribution in [0.15, 0.2) is 30.3 Å². The SMILES string of the molecule is CCN(CC)C(Br)C(=O)c1ccccc1. The summed E-state index contributed by atoms with van der Waals surface area (Å²) in [5, 5.41) is 0. The molecule has 1 aromatic rings. The molecule has 1 atom stereocenters. The summed E-state index contributed by atoms with van der Waals surface area (Å²) < 4.78 is 0. The molecule has 0 fully saturated rings. The number of halogens is 1. The van der Waals surface area contributed by atoms with Crippen molar-refractivity contribution >= 4 is 21.7 Å². The van der Waals surface area contributed by atoms with Gasteiger partial charge in [-0.05, 0) is 13.1 Å². The van der Waals surface area contributed by atoms with Gasteiger partial charge in [0.15, 0.2) is 5.78 Å². The number of carbonyl (C=O) groups excluding carboxylic acids is 1. The second kappa shape index (κ2) is 6.03. The van der Waals surface area contributed by atoms with Crippen molar-refractivity contribution in [1.29, 1.82) is 0 Å². The highest BCUT2D eigenvalue weighted by Crippen LogP contribution is 2.14. The Bertz CT molecular complexity index is 309. The molecular formula is C12H16BrNO. The number of hydrogen-bond acceptors (Lipinski definition) is 2. The van der Waals surface area contributed by atoms with Crippen LogP contribution in [-0.2, 0) is 0 Å². The van der Waals surface area contributed by atoms with Gasteiger partial charge in [-0.25, -0.2) is 0 Å². The Morgan fingerprint density at radius 1 is 1.27 bits per heavy atom. The van der Waals surface area contributed by atoms with E-state index in [9.17, 15) is 4.79 Å². The molecule has 0 aliphatic heterocycles. The Labute approximate surface area is 99.4 Å². The van der Waals surface area contributed by atoms with Crippen LogP contribution >= 0.6 is 15.9 Å². The van der Waals surface area contributed by atoms with E-state index < -0.39 is 0 Å². The van der Waals surface area contributed by atoms with Crippen molar-refractivity contribution in [3.63, 3.8) is 0 Å². The lowest BCUT2D eigenvalue weighted by atomic mass is 10.1. The lowest BCUT2D eigenvalue weighted by Gasteiger charge is -2.23. The van der Waals surface area contributed by atoms with Crippen LogP contribution in [0.25, 0.3) is 0 Å². The monoisotopic (exact) mass is 269 g/mol. The van der Waals surface area contributed by atoms with E-state index in [4.69, 9.17) is 0 Å². The molecule has 82 valence electrons. The summed E-state index contributed by atoms with van der Waals surface area (Å²) in [6.45, 7) is 5.84. The van der Waals surface area contributed by atoms with Gasteiger partial charge in [0.2, 0.25) is 0 Å². The molecule has 15 heavy (non-hydrogen) atoms. The summed E-state index contributed by atoms with van der Waals surface area (Å²) in [6.07, 6.45) is 0. The molecule has 0 saturated heterocycles. The van der Waals surface area contributed by atoms with Crippen molar-refractivity contribution in [2.24, 2.45) is 0 Å². The molecule has 0 amide bonds. The van der Waals surface area contributed by atoms with Gasteiger partial charge in [-0.2, -0.15) is 0 Å². The Morgan fingerprint density at radius 3 is 2.27 bits per heavy atom. The number of likely N-dealkylation sites (N-methyl/N-ethyl adjacent to an activating group) is 1. The van der Waals surface area contributed by atoms with E-state index in [0.29, 0.717) is 0 Å². The van der Waals surface area contributed by atoms with Crippen molar-refractivity contribution in [3.8, 4) is 0 Å². The van der Waals surface area contributed by atoms with Crippen LogP contribution < -0.4 is 0 Å². The number of ketones is 1. The zero-order chi connectivity index (χ0) is 11.3. The van der Waals surface area contributed by atoms with Gasteiger partial charge in [0, 0.05) is 5.56 Å². The topological polar surface area (TPSA) is 20.3 Å². The van der Waals surface area contributed by atoms with Crippen LogP contribution in [0.2, 0.25) is 0 Å². The Morgan fingerprint density at radius 2 is 1.80 bits per heavy atom. The van der Waals surface area contributed by atoms with Gasteiger partial charge in [-0.1, -0.05) is 60.1 Å². The van der Waals surface area contributed by atoms with Crippen LogP contribution in [0.3, 0.4) is 0 Å². The predicted molar refractivity (Wildman–Crippen MR) is 66.4 cm³/mol. The highest BCUT2D eigenvalue weighted by atomic mass is 79.9. The van der Waals surface area contributed by atoms with Gasteiger partial charge in [-0.3, -0.25) is 9.69 Å². The smallest absolute Gasteiger partial charge is 0.190 e. The summed E-state index contributed by atoms with van der Waals surface area (Å²) in [7, 11) is 0. The van der Waals surface area contributed by atoms with E-state index in [2.05, 4.69) is 34.7 Å². The third-order valence-electron chi connectivity index (χ3n) is 2.41. The van der Waals surface area contributed by atoms with Gasteiger partial charge < -0.3 is 0 Å². The van der Waals surface area contributed by atoms with Crippen LogP contribution in [0.1, 0.15) is 24.2 Å². The second-order valence-corrected chi connectivity index (χ2v) is 4.15. The summed E-state index contributed by atoms with van der Waals surface area (Å²) in [4.78, 5) is 13.9. The van der Waals surface area contributed by atoms with Crippen molar-refractivity contribution in [2.75, 3.05) is 13.1 Å². The molecule has 0 heterocycles.